The minimum atomic E-state index is -3.51. The van der Waals surface area contributed by atoms with Crippen molar-refractivity contribution in [3.8, 4) is 0 Å². The van der Waals surface area contributed by atoms with Gasteiger partial charge in [-0.05, 0) is 24.5 Å². The van der Waals surface area contributed by atoms with E-state index in [1.165, 1.54) is 14.6 Å². The number of urea groups is 1. The van der Waals surface area contributed by atoms with Crippen LogP contribution in [0.25, 0.3) is 6.08 Å². The fraction of sp³-hybridized carbons (Fsp3) is 0.375. The Kier molecular flexibility index (Phi) is 4.68. The summed E-state index contributed by atoms with van der Waals surface area (Å²) in [6, 6.07) is 8.60. The number of benzene rings is 1. The van der Waals surface area contributed by atoms with E-state index in [0.717, 1.165) is 5.56 Å². The molecule has 0 saturated carbocycles. The molecule has 1 aromatic rings. The quantitative estimate of drug-likeness (QED) is 0.822. The van der Waals surface area contributed by atoms with Crippen molar-refractivity contribution in [3.05, 3.63) is 41.3 Å². The van der Waals surface area contributed by atoms with Crippen molar-refractivity contribution in [1.29, 1.82) is 0 Å². The molecular formula is C16H19N3O4S. The predicted octanol–water partition coefficient (Wildman–Crippen LogP) is 1.00. The minimum Gasteiger partial charge on any atom is -0.329 e. The molecular weight excluding hydrogens is 330 g/mol. The van der Waals surface area contributed by atoms with Crippen LogP contribution in [0.2, 0.25) is 0 Å². The average Bonchev–Trinajstić information content (AvgIpc) is 2.93. The van der Waals surface area contributed by atoms with Gasteiger partial charge in [-0.25, -0.2) is 13.2 Å². The molecule has 3 amide bonds. The molecule has 0 aromatic heterocycles. The number of rotatable bonds is 4. The lowest BCUT2D eigenvalue weighted by Gasteiger charge is -2.33. The molecule has 0 atom stereocenters. The van der Waals surface area contributed by atoms with Crippen LogP contribution >= 0.6 is 0 Å². The molecule has 7 nitrogen and oxygen atoms in total. The summed E-state index contributed by atoms with van der Waals surface area (Å²) in [6.07, 6.45) is 2.48. The van der Waals surface area contributed by atoms with Crippen molar-refractivity contribution in [2.75, 3.05) is 19.6 Å². The fourth-order valence-electron chi connectivity index (χ4n) is 2.97. The first-order chi connectivity index (χ1) is 11.5. The summed E-state index contributed by atoms with van der Waals surface area (Å²) in [4.78, 5) is 24.6. The normalized spacial score (nSPS) is 20.8. The Balaban J connectivity index is 1.62. The van der Waals surface area contributed by atoms with E-state index in [9.17, 15) is 18.0 Å². The maximum atomic E-state index is 12.4. The van der Waals surface area contributed by atoms with Crippen LogP contribution in [0.1, 0.15) is 18.4 Å². The SMILES string of the molecule is O=C1CNC(=O)N1C1CCN(S(=O)(=O)/C=C/c2ccccc2)CC1. The molecule has 2 aliphatic rings. The summed E-state index contributed by atoms with van der Waals surface area (Å²) < 4.78 is 26.2. The van der Waals surface area contributed by atoms with Crippen LogP contribution in [0.3, 0.4) is 0 Å². The highest BCUT2D eigenvalue weighted by Gasteiger charge is 2.38. The first-order valence-corrected chi connectivity index (χ1v) is 9.31. The van der Waals surface area contributed by atoms with Gasteiger partial charge in [0, 0.05) is 24.5 Å². The van der Waals surface area contributed by atoms with Gasteiger partial charge in [0.15, 0.2) is 0 Å². The van der Waals surface area contributed by atoms with Gasteiger partial charge in [-0.15, -0.1) is 0 Å². The second kappa shape index (κ2) is 6.74. The maximum Gasteiger partial charge on any atom is 0.324 e. The third-order valence-corrected chi connectivity index (χ3v) is 5.82. The molecule has 0 unspecified atom stereocenters. The number of sulfonamides is 1. The van der Waals surface area contributed by atoms with E-state index in [2.05, 4.69) is 5.32 Å². The van der Waals surface area contributed by atoms with Gasteiger partial charge in [0.1, 0.15) is 0 Å². The van der Waals surface area contributed by atoms with Gasteiger partial charge < -0.3 is 5.32 Å². The Morgan fingerprint density at radius 3 is 2.33 bits per heavy atom. The molecule has 0 aliphatic carbocycles. The summed E-state index contributed by atoms with van der Waals surface area (Å²) in [6.45, 7) is 0.615. The van der Waals surface area contributed by atoms with Crippen LogP contribution in [0.4, 0.5) is 4.79 Å². The van der Waals surface area contributed by atoms with E-state index in [1.54, 1.807) is 6.08 Å². The summed E-state index contributed by atoms with van der Waals surface area (Å²) >= 11 is 0. The number of hydrogen-bond donors (Lipinski definition) is 1. The van der Waals surface area contributed by atoms with Crippen molar-refractivity contribution in [1.82, 2.24) is 14.5 Å². The second-order valence-electron chi connectivity index (χ2n) is 5.81. The van der Waals surface area contributed by atoms with Gasteiger partial charge in [0.05, 0.1) is 6.54 Å². The van der Waals surface area contributed by atoms with Gasteiger partial charge in [0.2, 0.25) is 15.9 Å². The van der Waals surface area contributed by atoms with Crippen LogP contribution < -0.4 is 5.32 Å². The lowest BCUT2D eigenvalue weighted by Crippen LogP contribution is -2.48. The highest BCUT2D eigenvalue weighted by molar-refractivity contribution is 7.92. The third kappa shape index (κ3) is 3.49. The molecule has 2 fully saturated rings. The topological polar surface area (TPSA) is 86.8 Å². The minimum absolute atomic E-state index is 0.0250. The number of imide groups is 1. The number of hydrogen-bond acceptors (Lipinski definition) is 4. The predicted molar refractivity (Wildman–Crippen MR) is 89.2 cm³/mol. The van der Waals surface area contributed by atoms with Crippen LogP contribution in [0, 0.1) is 0 Å². The van der Waals surface area contributed by atoms with Gasteiger partial charge in [0.25, 0.3) is 0 Å². The van der Waals surface area contributed by atoms with Crippen molar-refractivity contribution in [2.24, 2.45) is 0 Å². The van der Waals surface area contributed by atoms with Crippen LogP contribution in [-0.4, -0.2) is 55.2 Å². The zero-order valence-electron chi connectivity index (χ0n) is 13.1. The average molecular weight is 349 g/mol. The maximum absolute atomic E-state index is 12.4. The molecule has 1 aromatic carbocycles. The van der Waals surface area contributed by atoms with E-state index in [0.29, 0.717) is 25.9 Å². The monoisotopic (exact) mass is 349 g/mol. The summed E-state index contributed by atoms with van der Waals surface area (Å²) in [5.41, 5.74) is 0.815. The Morgan fingerprint density at radius 1 is 1.08 bits per heavy atom. The molecule has 1 N–H and O–H groups in total. The second-order valence-corrected chi connectivity index (χ2v) is 7.63. The summed E-state index contributed by atoms with van der Waals surface area (Å²) in [5.74, 6) is -0.245. The molecule has 2 saturated heterocycles. The van der Waals surface area contributed by atoms with E-state index in [-0.39, 0.29) is 24.5 Å². The first-order valence-electron chi connectivity index (χ1n) is 7.80. The van der Waals surface area contributed by atoms with E-state index < -0.39 is 10.0 Å². The van der Waals surface area contributed by atoms with E-state index >= 15 is 0 Å². The number of amides is 3. The molecule has 2 heterocycles. The molecule has 3 rings (SSSR count). The van der Waals surface area contributed by atoms with Crippen molar-refractivity contribution < 1.29 is 18.0 Å². The molecule has 0 bridgehead atoms. The standard InChI is InChI=1S/C16H19N3O4S/c20-15-12-17-16(21)19(15)14-6-9-18(10-7-14)24(22,23)11-8-13-4-2-1-3-5-13/h1-5,8,11,14H,6-7,9-10,12H2,(H,17,21)/b11-8+. The summed E-state index contributed by atoms with van der Waals surface area (Å²) in [5, 5.41) is 3.70. The number of carbonyl (C=O) groups excluding carboxylic acids is 2. The third-order valence-electron chi connectivity index (χ3n) is 4.26. The smallest absolute Gasteiger partial charge is 0.324 e. The highest BCUT2D eigenvalue weighted by Crippen LogP contribution is 2.21. The molecule has 2 aliphatic heterocycles. The van der Waals surface area contributed by atoms with E-state index in [1.807, 2.05) is 30.3 Å². The lowest BCUT2D eigenvalue weighted by molar-refractivity contribution is -0.127. The number of nitrogens with zero attached hydrogens (tertiary/aromatic N) is 2. The molecule has 24 heavy (non-hydrogen) atoms. The number of nitrogens with one attached hydrogen (secondary N) is 1. The van der Waals surface area contributed by atoms with Crippen LogP contribution in [-0.2, 0) is 14.8 Å². The van der Waals surface area contributed by atoms with Gasteiger partial charge in [-0.1, -0.05) is 30.3 Å². The van der Waals surface area contributed by atoms with E-state index in [4.69, 9.17) is 0 Å². The van der Waals surface area contributed by atoms with Gasteiger partial charge in [-0.3, -0.25) is 9.69 Å². The number of piperidine rings is 1. The van der Waals surface area contributed by atoms with Crippen molar-refractivity contribution in [3.63, 3.8) is 0 Å². The first kappa shape index (κ1) is 16.7. The lowest BCUT2D eigenvalue weighted by atomic mass is 10.1. The van der Waals surface area contributed by atoms with Crippen molar-refractivity contribution in [2.45, 2.75) is 18.9 Å². The molecule has 0 radical (unpaired) electrons. The largest absolute Gasteiger partial charge is 0.329 e. The van der Waals surface area contributed by atoms with Crippen LogP contribution in [0.5, 0.6) is 0 Å². The Labute approximate surface area is 141 Å². The van der Waals surface area contributed by atoms with Crippen LogP contribution in [0.15, 0.2) is 35.7 Å². The Bertz CT molecular complexity index is 737. The van der Waals surface area contributed by atoms with Gasteiger partial charge >= 0.3 is 6.03 Å². The fourth-order valence-corrected chi connectivity index (χ4v) is 4.19. The Hall–Kier alpha value is -2.19. The summed E-state index contributed by atoms with van der Waals surface area (Å²) in [7, 11) is -3.51. The highest BCUT2D eigenvalue weighted by atomic mass is 32.2. The van der Waals surface area contributed by atoms with Gasteiger partial charge in [-0.2, -0.15) is 4.31 Å². The molecule has 0 spiro atoms. The molecule has 128 valence electrons. The Morgan fingerprint density at radius 2 is 1.75 bits per heavy atom. The zero-order chi connectivity index (χ0) is 17.2. The zero-order valence-corrected chi connectivity index (χ0v) is 13.9. The number of carbonyl (C=O) groups is 2. The van der Waals surface area contributed by atoms with Crippen molar-refractivity contribution >= 4 is 28.0 Å². The molecule has 8 heteroatoms.